The van der Waals surface area contributed by atoms with E-state index in [0.717, 1.165) is 5.56 Å². The molecule has 0 aromatic heterocycles. The topological polar surface area (TPSA) is 47.9 Å². The van der Waals surface area contributed by atoms with Crippen LogP contribution >= 0.6 is 0 Å². The summed E-state index contributed by atoms with van der Waals surface area (Å²) in [6.45, 7) is 1.93. The number of para-hydroxylation sites is 1. The van der Waals surface area contributed by atoms with E-state index in [4.69, 9.17) is 13.3 Å². The van der Waals surface area contributed by atoms with Gasteiger partial charge in [0.25, 0.3) is 0 Å². The first-order chi connectivity index (χ1) is 7.61. The van der Waals surface area contributed by atoms with Crippen molar-refractivity contribution in [1.29, 1.82) is 0 Å². The van der Waals surface area contributed by atoms with Crippen LogP contribution in [0.1, 0.15) is 18.0 Å². The SMILES string of the molecule is CO[Si](OC)(OC)C(C)c1ccccc1O. The quantitative estimate of drug-likeness (QED) is 0.801. The molecule has 0 fully saturated rings. The molecule has 1 atom stereocenters. The van der Waals surface area contributed by atoms with Crippen LogP contribution in [0.25, 0.3) is 0 Å². The summed E-state index contributed by atoms with van der Waals surface area (Å²) in [6, 6.07) is 7.14. The molecule has 0 radical (unpaired) electrons. The fraction of sp³-hybridized carbons (Fsp3) is 0.455. The van der Waals surface area contributed by atoms with Crippen molar-refractivity contribution < 1.29 is 18.4 Å². The number of benzene rings is 1. The lowest BCUT2D eigenvalue weighted by Gasteiger charge is -2.30. The maximum absolute atomic E-state index is 9.79. The predicted molar refractivity (Wildman–Crippen MR) is 63.3 cm³/mol. The van der Waals surface area contributed by atoms with Crippen LogP contribution in [-0.4, -0.2) is 35.2 Å². The zero-order valence-corrected chi connectivity index (χ0v) is 11.1. The molecule has 0 saturated carbocycles. The molecule has 1 aromatic rings. The lowest BCUT2D eigenvalue weighted by atomic mass is 10.1. The van der Waals surface area contributed by atoms with Gasteiger partial charge < -0.3 is 18.4 Å². The summed E-state index contributed by atoms with van der Waals surface area (Å²) in [4.78, 5) is 0. The van der Waals surface area contributed by atoms with E-state index in [2.05, 4.69) is 0 Å². The van der Waals surface area contributed by atoms with Crippen molar-refractivity contribution in [2.24, 2.45) is 0 Å². The molecule has 0 amide bonds. The van der Waals surface area contributed by atoms with Crippen LogP contribution < -0.4 is 0 Å². The normalized spacial score (nSPS) is 13.8. The Hall–Kier alpha value is -0.883. The molecule has 1 unspecified atom stereocenters. The van der Waals surface area contributed by atoms with Gasteiger partial charge in [0.2, 0.25) is 0 Å². The predicted octanol–water partition coefficient (Wildman–Crippen LogP) is 1.91. The van der Waals surface area contributed by atoms with E-state index in [1.165, 1.54) is 0 Å². The van der Waals surface area contributed by atoms with Gasteiger partial charge in [-0.15, -0.1) is 0 Å². The zero-order valence-electron chi connectivity index (χ0n) is 10.1. The number of hydrogen-bond acceptors (Lipinski definition) is 4. The number of hydrogen-bond donors (Lipinski definition) is 1. The molecule has 0 heterocycles. The molecule has 0 aliphatic heterocycles. The van der Waals surface area contributed by atoms with Crippen LogP contribution in [0.2, 0.25) is 0 Å². The van der Waals surface area contributed by atoms with Crippen LogP contribution in [0, 0.1) is 0 Å². The van der Waals surface area contributed by atoms with E-state index < -0.39 is 8.80 Å². The third-order valence-electron chi connectivity index (χ3n) is 2.79. The van der Waals surface area contributed by atoms with E-state index in [-0.39, 0.29) is 11.3 Å². The Morgan fingerprint density at radius 1 is 1.06 bits per heavy atom. The molecule has 4 nitrogen and oxygen atoms in total. The summed E-state index contributed by atoms with van der Waals surface area (Å²) >= 11 is 0. The van der Waals surface area contributed by atoms with Gasteiger partial charge in [0.15, 0.2) is 0 Å². The van der Waals surface area contributed by atoms with Crippen LogP contribution in [-0.2, 0) is 13.3 Å². The first kappa shape index (κ1) is 13.2. The summed E-state index contributed by atoms with van der Waals surface area (Å²) in [5.41, 5.74) is 0.661. The van der Waals surface area contributed by atoms with Gasteiger partial charge >= 0.3 is 8.80 Å². The number of aromatic hydroxyl groups is 1. The van der Waals surface area contributed by atoms with Gasteiger partial charge in [-0.2, -0.15) is 0 Å². The highest BCUT2D eigenvalue weighted by Crippen LogP contribution is 2.33. The second-order valence-corrected chi connectivity index (χ2v) is 6.79. The van der Waals surface area contributed by atoms with Crippen LogP contribution in [0.3, 0.4) is 0 Å². The van der Waals surface area contributed by atoms with Crippen molar-refractivity contribution in [3.05, 3.63) is 29.8 Å². The van der Waals surface area contributed by atoms with Gasteiger partial charge in [0.1, 0.15) is 5.75 Å². The fourth-order valence-corrected chi connectivity index (χ4v) is 4.01. The molecular formula is C11H18O4Si. The van der Waals surface area contributed by atoms with E-state index >= 15 is 0 Å². The van der Waals surface area contributed by atoms with E-state index in [9.17, 15) is 5.11 Å². The molecule has 1 N–H and O–H groups in total. The molecule has 1 rings (SSSR count). The second-order valence-electron chi connectivity index (χ2n) is 3.50. The van der Waals surface area contributed by atoms with Crippen molar-refractivity contribution in [2.45, 2.75) is 12.5 Å². The Morgan fingerprint density at radius 3 is 2.00 bits per heavy atom. The van der Waals surface area contributed by atoms with Gasteiger partial charge in [-0.05, 0) is 6.07 Å². The molecule has 0 aliphatic carbocycles. The second kappa shape index (κ2) is 5.45. The molecule has 0 saturated heterocycles. The minimum Gasteiger partial charge on any atom is -0.508 e. The van der Waals surface area contributed by atoms with E-state index in [1.807, 2.05) is 19.1 Å². The van der Waals surface area contributed by atoms with Crippen LogP contribution in [0.15, 0.2) is 24.3 Å². The summed E-state index contributed by atoms with van der Waals surface area (Å²) in [6.07, 6.45) is 0. The van der Waals surface area contributed by atoms with Gasteiger partial charge in [0.05, 0.1) is 5.54 Å². The Kier molecular flexibility index (Phi) is 4.49. The van der Waals surface area contributed by atoms with Crippen LogP contribution in [0.5, 0.6) is 5.75 Å². The van der Waals surface area contributed by atoms with E-state index in [1.54, 1.807) is 33.5 Å². The highest BCUT2D eigenvalue weighted by atomic mass is 28.4. The highest BCUT2D eigenvalue weighted by Gasteiger charge is 2.46. The van der Waals surface area contributed by atoms with Crippen molar-refractivity contribution >= 4 is 8.80 Å². The Bertz CT molecular complexity index is 330. The molecule has 0 spiro atoms. The summed E-state index contributed by atoms with van der Waals surface area (Å²) in [5.74, 6) is 0.234. The van der Waals surface area contributed by atoms with Gasteiger partial charge in [-0.3, -0.25) is 0 Å². The lowest BCUT2D eigenvalue weighted by Crippen LogP contribution is -2.48. The Labute approximate surface area is 97.1 Å². The summed E-state index contributed by atoms with van der Waals surface area (Å²) in [7, 11) is 1.94. The minimum absolute atomic E-state index is 0.117. The van der Waals surface area contributed by atoms with E-state index in [0.29, 0.717) is 0 Å². The minimum atomic E-state index is -2.75. The first-order valence-electron chi connectivity index (χ1n) is 5.04. The highest BCUT2D eigenvalue weighted by molar-refractivity contribution is 6.62. The fourth-order valence-electron chi connectivity index (χ4n) is 1.82. The summed E-state index contributed by atoms with van der Waals surface area (Å²) in [5, 5.41) is 9.79. The number of rotatable bonds is 5. The maximum Gasteiger partial charge on any atom is 0.507 e. The van der Waals surface area contributed by atoms with Gasteiger partial charge in [-0.1, -0.05) is 25.1 Å². The van der Waals surface area contributed by atoms with Gasteiger partial charge in [-0.25, -0.2) is 0 Å². The maximum atomic E-state index is 9.79. The first-order valence-corrected chi connectivity index (χ1v) is 6.84. The average molecular weight is 242 g/mol. The zero-order chi connectivity index (χ0) is 12.2. The third-order valence-corrected chi connectivity index (χ3v) is 5.87. The van der Waals surface area contributed by atoms with Crippen molar-refractivity contribution in [1.82, 2.24) is 0 Å². The standard InChI is InChI=1S/C11H18O4Si/c1-9(16(13-2,14-3)15-4)10-7-5-6-8-11(10)12/h5-9,12H,1-4H3. The van der Waals surface area contributed by atoms with Gasteiger partial charge in [0, 0.05) is 26.9 Å². The molecule has 0 aliphatic rings. The van der Waals surface area contributed by atoms with Crippen molar-refractivity contribution in [3.8, 4) is 5.75 Å². The number of phenolic OH excluding ortho intramolecular Hbond substituents is 1. The number of phenols is 1. The largest absolute Gasteiger partial charge is 0.508 e. The molecular weight excluding hydrogens is 224 g/mol. The monoisotopic (exact) mass is 242 g/mol. The molecule has 5 heteroatoms. The smallest absolute Gasteiger partial charge is 0.507 e. The Morgan fingerprint density at radius 2 is 1.56 bits per heavy atom. The van der Waals surface area contributed by atoms with Crippen LogP contribution in [0.4, 0.5) is 0 Å². The third kappa shape index (κ3) is 2.27. The summed E-state index contributed by atoms with van der Waals surface area (Å²) < 4.78 is 16.2. The molecule has 1 aromatic carbocycles. The Balaban J connectivity index is 3.08. The molecule has 90 valence electrons. The van der Waals surface area contributed by atoms with Crippen molar-refractivity contribution in [3.63, 3.8) is 0 Å². The molecule has 16 heavy (non-hydrogen) atoms. The molecule has 0 bridgehead atoms. The average Bonchev–Trinajstić information content (AvgIpc) is 2.32. The lowest BCUT2D eigenvalue weighted by molar-refractivity contribution is 0.114. The van der Waals surface area contributed by atoms with Crippen molar-refractivity contribution in [2.75, 3.05) is 21.3 Å².